The van der Waals surface area contributed by atoms with Crippen LogP contribution in [0.15, 0.2) is 18.2 Å². The number of aromatic nitrogens is 1. The first-order chi connectivity index (χ1) is 9.36. The molecule has 108 valence electrons. The van der Waals surface area contributed by atoms with Crippen molar-refractivity contribution in [3.05, 3.63) is 34.6 Å². The van der Waals surface area contributed by atoms with Gasteiger partial charge in [-0.25, -0.2) is 9.37 Å². The predicted octanol–water partition coefficient (Wildman–Crippen LogP) is 3.71. The van der Waals surface area contributed by atoms with Gasteiger partial charge in [-0.3, -0.25) is 0 Å². The number of methoxy groups -OCH3 is 1. The van der Waals surface area contributed by atoms with Crippen molar-refractivity contribution in [3.8, 4) is 16.3 Å². The fourth-order valence-corrected chi connectivity index (χ4v) is 3.17. The number of thiazole rings is 1. The summed E-state index contributed by atoms with van der Waals surface area (Å²) in [6.07, 6.45) is 0. The molecule has 5 heteroatoms. The first-order valence-corrected chi connectivity index (χ1v) is 7.22. The highest BCUT2D eigenvalue weighted by molar-refractivity contribution is 7.15. The van der Waals surface area contributed by atoms with Crippen LogP contribution in [0.25, 0.3) is 10.6 Å². The fourth-order valence-electron chi connectivity index (χ4n) is 1.99. The monoisotopic (exact) mass is 294 g/mol. The minimum Gasteiger partial charge on any atom is -0.497 e. The lowest BCUT2D eigenvalue weighted by Gasteiger charge is -2.16. The van der Waals surface area contributed by atoms with Crippen molar-refractivity contribution in [1.82, 2.24) is 4.98 Å². The maximum Gasteiger partial charge on any atom is 0.137 e. The summed E-state index contributed by atoms with van der Waals surface area (Å²) in [4.78, 5) is 5.60. The van der Waals surface area contributed by atoms with E-state index in [0.717, 1.165) is 10.6 Å². The van der Waals surface area contributed by atoms with Gasteiger partial charge in [-0.05, 0) is 12.1 Å². The molecular formula is C15H19FN2OS. The van der Waals surface area contributed by atoms with Gasteiger partial charge in [0.2, 0.25) is 0 Å². The Balaban J connectivity index is 2.51. The van der Waals surface area contributed by atoms with Crippen molar-refractivity contribution >= 4 is 11.3 Å². The molecule has 20 heavy (non-hydrogen) atoms. The zero-order chi connectivity index (χ0) is 14.9. The minimum absolute atomic E-state index is 0.105. The molecular weight excluding hydrogens is 275 g/mol. The maximum atomic E-state index is 14.1. The number of halogens is 1. The van der Waals surface area contributed by atoms with Crippen molar-refractivity contribution in [2.24, 2.45) is 5.73 Å². The molecule has 0 amide bonds. The van der Waals surface area contributed by atoms with Crippen LogP contribution >= 0.6 is 11.3 Å². The molecule has 1 heterocycles. The lowest BCUT2D eigenvalue weighted by molar-refractivity contribution is 0.411. The molecule has 0 radical (unpaired) electrons. The van der Waals surface area contributed by atoms with Gasteiger partial charge in [-0.1, -0.05) is 20.8 Å². The molecule has 0 saturated heterocycles. The molecule has 0 fully saturated rings. The molecule has 2 rings (SSSR count). The van der Waals surface area contributed by atoms with Crippen LogP contribution in [0, 0.1) is 5.82 Å². The Morgan fingerprint density at radius 2 is 2.05 bits per heavy atom. The van der Waals surface area contributed by atoms with E-state index >= 15 is 0 Å². The van der Waals surface area contributed by atoms with E-state index in [1.54, 1.807) is 12.1 Å². The zero-order valence-electron chi connectivity index (χ0n) is 12.2. The van der Waals surface area contributed by atoms with Crippen LogP contribution in [0.3, 0.4) is 0 Å². The molecule has 0 aliphatic rings. The molecule has 0 aliphatic heterocycles. The van der Waals surface area contributed by atoms with Gasteiger partial charge in [0, 0.05) is 28.5 Å². The Morgan fingerprint density at radius 3 is 2.50 bits per heavy atom. The van der Waals surface area contributed by atoms with Gasteiger partial charge < -0.3 is 10.5 Å². The average Bonchev–Trinajstić information content (AvgIpc) is 2.82. The largest absolute Gasteiger partial charge is 0.497 e. The molecule has 0 saturated carbocycles. The summed E-state index contributed by atoms with van der Waals surface area (Å²) in [7, 11) is 1.52. The SMILES string of the molecule is COc1ccc(-c2nc(C(C)(C)C)c(CN)s2)c(F)c1. The Kier molecular flexibility index (Phi) is 4.11. The van der Waals surface area contributed by atoms with E-state index in [0.29, 0.717) is 22.9 Å². The van der Waals surface area contributed by atoms with Crippen LogP contribution in [0.4, 0.5) is 4.39 Å². The summed E-state index contributed by atoms with van der Waals surface area (Å²) in [5.41, 5.74) is 7.10. The standard InChI is InChI=1S/C15H19FN2OS/c1-15(2,3)13-12(8-17)20-14(18-13)10-6-5-9(19-4)7-11(10)16/h5-7H,8,17H2,1-4H3. The zero-order valence-corrected chi connectivity index (χ0v) is 13.0. The van der Waals surface area contributed by atoms with E-state index in [2.05, 4.69) is 25.8 Å². The van der Waals surface area contributed by atoms with Crippen LogP contribution in [0.1, 0.15) is 31.3 Å². The molecule has 0 atom stereocenters. The molecule has 1 aromatic carbocycles. The summed E-state index contributed by atoms with van der Waals surface area (Å²) in [5.74, 6) is 0.167. The van der Waals surface area contributed by atoms with Crippen LogP contribution in [0.5, 0.6) is 5.75 Å². The third-order valence-corrected chi connectivity index (χ3v) is 4.11. The van der Waals surface area contributed by atoms with Crippen LogP contribution in [-0.2, 0) is 12.0 Å². The van der Waals surface area contributed by atoms with E-state index in [-0.39, 0.29) is 11.2 Å². The van der Waals surface area contributed by atoms with Gasteiger partial charge in [-0.2, -0.15) is 0 Å². The summed E-state index contributed by atoms with van der Waals surface area (Å²) in [5, 5.41) is 0.663. The quantitative estimate of drug-likeness (QED) is 0.938. The molecule has 3 nitrogen and oxygen atoms in total. The molecule has 0 unspecified atom stereocenters. The number of nitrogens with two attached hydrogens (primary N) is 1. The Labute approximate surface area is 122 Å². The molecule has 1 aromatic heterocycles. The second-order valence-corrected chi connectivity index (χ2v) is 6.67. The first-order valence-electron chi connectivity index (χ1n) is 6.41. The van der Waals surface area contributed by atoms with Crippen molar-refractivity contribution in [1.29, 1.82) is 0 Å². The predicted molar refractivity (Wildman–Crippen MR) is 80.7 cm³/mol. The van der Waals surface area contributed by atoms with Crippen molar-refractivity contribution < 1.29 is 9.13 Å². The van der Waals surface area contributed by atoms with E-state index in [1.165, 1.54) is 24.5 Å². The second kappa shape index (κ2) is 5.50. The van der Waals surface area contributed by atoms with Crippen molar-refractivity contribution in [3.63, 3.8) is 0 Å². The van der Waals surface area contributed by atoms with E-state index in [4.69, 9.17) is 10.5 Å². The van der Waals surface area contributed by atoms with Gasteiger partial charge in [0.1, 0.15) is 16.6 Å². The Morgan fingerprint density at radius 1 is 1.35 bits per heavy atom. The summed E-state index contributed by atoms with van der Waals surface area (Å²) < 4.78 is 19.1. The summed E-state index contributed by atoms with van der Waals surface area (Å²) >= 11 is 1.45. The number of hydrogen-bond acceptors (Lipinski definition) is 4. The fraction of sp³-hybridized carbons (Fsp3) is 0.400. The number of benzene rings is 1. The molecule has 2 N–H and O–H groups in total. The van der Waals surface area contributed by atoms with E-state index in [1.807, 2.05) is 0 Å². The number of rotatable bonds is 3. The van der Waals surface area contributed by atoms with Gasteiger partial charge in [-0.15, -0.1) is 11.3 Å². The summed E-state index contributed by atoms with van der Waals surface area (Å²) in [6, 6.07) is 4.80. The average molecular weight is 294 g/mol. The topological polar surface area (TPSA) is 48.1 Å². The molecule has 0 spiro atoms. The number of hydrogen-bond donors (Lipinski definition) is 1. The highest BCUT2D eigenvalue weighted by Crippen LogP contribution is 2.35. The smallest absolute Gasteiger partial charge is 0.137 e. The van der Waals surface area contributed by atoms with Gasteiger partial charge in [0.05, 0.1) is 12.8 Å². The van der Waals surface area contributed by atoms with Gasteiger partial charge in [0.25, 0.3) is 0 Å². The Hall–Kier alpha value is -1.46. The summed E-state index contributed by atoms with van der Waals surface area (Å²) in [6.45, 7) is 6.65. The lowest BCUT2D eigenvalue weighted by Crippen LogP contribution is -2.15. The third-order valence-electron chi connectivity index (χ3n) is 3.00. The first kappa shape index (κ1) is 14.9. The van der Waals surface area contributed by atoms with Gasteiger partial charge in [0.15, 0.2) is 0 Å². The van der Waals surface area contributed by atoms with Crippen LogP contribution in [-0.4, -0.2) is 12.1 Å². The normalized spacial score (nSPS) is 11.7. The minimum atomic E-state index is -0.331. The number of nitrogens with zero attached hydrogens (tertiary/aromatic N) is 1. The lowest BCUT2D eigenvalue weighted by atomic mass is 9.91. The Bertz CT molecular complexity index is 617. The maximum absolute atomic E-state index is 14.1. The molecule has 0 bridgehead atoms. The van der Waals surface area contributed by atoms with Crippen molar-refractivity contribution in [2.75, 3.05) is 7.11 Å². The van der Waals surface area contributed by atoms with Crippen LogP contribution < -0.4 is 10.5 Å². The van der Waals surface area contributed by atoms with Crippen LogP contribution in [0.2, 0.25) is 0 Å². The second-order valence-electron chi connectivity index (χ2n) is 5.59. The van der Waals surface area contributed by atoms with E-state index < -0.39 is 0 Å². The third kappa shape index (κ3) is 2.83. The highest BCUT2D eigenvalue weighted by Gasteiger charge is 2.23. The molecule has 0 aliphatic carbocycles. The highest BCUT2D eigenvalue weighted by atomic mass is 32.1. The van der Waals surface area contributed by atoms with Crippen molar-refractivity contribution in [2.45, 2.75) is 32.7 Å². The molecule has 2 aromatic rings. The van der Waals surface area contributed by atoms with Gasteiger partial charge >= 0.3 is 0 Å². The van der Waals surface area contributed by atoms with E-state index in [9.17, 15) is 4.39 Å². The number of ether oxygens (including phenoxy) is 1.